The van der Waals surface area contributed by atoms with E-state index in [0.717, 1.165) is 6.07 Å². The summed E-state index contributed by atoms with van der Waals surface area (Å²) in [6, 6.07) is 3.77. The van der Waals surface area contributed by atoms with Crippen LogP contribution in [0.1, 0.15) is 22.8 Å². The van der Waals surface area contributed by atoms with Crippen molar-refractivity contribution in [1.82, 2.24) is 24.6 Å². The lowest BCUT2D eigenvalue weighted by Gasteiger charge is -2.18. The Bertz CT molecular complexity index is 1410. The van der Waals surface area contributed by atoms with Gasteiger partial charge in [0, 0.05) is 28.2 Å². The minimum atomic E-state index is -2.77. The summed E-state index contributed by atoms with van der Waals surface area (Å²) >= 11 is 0. The molecule has 0 aliphatic carbocycles. The Hall–Kier alpha value is -4.11. The van der Waals surface area contributed by atoms with E-state index in [4.69, 9.17) is 11.2 Å². The first-order valence-corrected chi connectivity index (χ1v) is 12.1. The molecular formula is C22H23FN6O4S. The number of carbonyl (C=O) groups is 2. The number of hydrogen-bond acceptors (Lipinski definition) is 7. The maximum absolute atomic E-state index is 13.9. The summed E-state index contributed by atoms with van der Waals surface area (Å²) in [6.07, 6.45) is 8.23. The van der Waals surface area contributed by atoms with Gasteiger partial charge in [-0.05, 0) is 37.4 Å². The second kappa shape index (κ2) is 9.80. The number of fused-ring (bicyclic) bond motifs is 1. The molecule has 2 aromatic heterocycles. The van der Waals surface area contributed by atoms with Crippen LogP contribution in [0.5, 0.6) is 5.75 Å². The molecule has 178 valence electrons. The Labute approximate surface area is 196 Å². The fourth-order valence-electron chi connectivity index (χ4n) is 3.08. The van der Waals surface area contributed by atoms with Crippen LogP contribution in [0.3, 0.4) is 0 Å². The molecular weight excluding hydrogens is 463 g/mol. The molecule has 0 saturated heterocycles. The van der Waals surface area contributed by atoms with Gasteiger partial charge in [-0.3, -0.25) is 14.3 Å². The number of carbonyl (C=O) groups excluding carboxylic acids is 2. The highest BCUT2D eigenvalue weighted by Crippen LogP contribution is 2.32. The summed E-state index contributed by atoms with van der Waals surface area (Å²) in [6.45, 7) is 3.21. The smallest absolute Gasteiger partial charge is 0.264 e. The first-order valence-electron chi connectivity index (χ1n) is 9.92. The zero-order chi connectivity index (χ0) is 25.0. The van der Waals surface area contributed by atoms with Gasteiger partial charge in [-0.15, -0.1) is 6.42 Å². The standard InChI is InChI=1S/C22H23FN6O4S/c1-6-9-24-21(30)14(3)33-18-10-15(23)7-8-17(18)27-20-19-13(2)16(11-29(19)26-12-25-20)22(31)28-34(4,5)32/h1,7-8,10-12,14H,4,9H2,2-3,5H3,(H,24,30)(H,25,26,27)(H,28,31,32). The number of amides is 2. The first-order chi connectivity index (χ1) is 16.0. The fourth-order valence-corrected chi connectivity index (χ4v) is 3.58. The van der Waals surface area contributed by atoms with Crippen LogP contribution in [0.4, 0.5) is 15.9 Å². The Kier molecular flexibility index (Phi) is 7.07. The van der Waals surface area contributed by atoms with Gasteiger partial charge >= 0.3 is 0 Å². The van der Waals surface area contributed by atoms with Gasteiger partial charge in [0.2, 0.25) is 0 Å². The van der Waals surface area contributed by atoms with Crippen LogP contribution >= 0.6 is 0 Å². The molecule has 12 heteroatoms. The molecule has 3 rings (SSSR count). The van der Waals surface area contributed by atoms with Crippen LogP contribution in [-0.4, -0.2) is 55.4 Å². The average Bonchev–Trinajstić information content (AvgIpc) is 3.10. The lowest BCUT2D eigenvalue weighted by Crippen LogP contribution is -2.36. The van der Waals surface area contributed by atoms with Gasteiger partial charge in [-0.25, -0.2) is 18.1 Å². The molecule has 0 aliphatic heterocycles. The predicted molar refractivity (Wildman–Crippen MR) is 128 cm³/mol. The normalized spacial score (nSPS) is 13.4. The Morgan fingerprint density at radius 3 is 2.82 bits per heavy atom. The Morgan fingerprint density at radius 1 is 1.41 bits per heavy atom. The molecule has 0 bridgehead atoms. The summed E-state index contributed by atoms with van der Waals surface area (Å²) in [5, 5.41) is 9.66. The second-order valence-electron chi connectivity index (χ2n) is 7.45. The summed E-state index contributed by atoms with van der Waals surface area (Å²) in [5.41, 5.74) is 1.51. The molecule has 34 heavy (non-hydrogen) atoms. The number of hydrogen-bond donors (Lipinski definition) is 3. The van der Waals surface area contributed by atoms with Crippen molar-refractivity contribution >= 4 is 44.4 Å². The molecule has 0 aliphatic rings. The van der Waals surface area contributed by atoms with Crippen molar-refractivity contribution in [3.8, 4) is 18.1 Å². The minimum absolute atomic E-state index is 0.0319. The Balaban J connectivity index is 1.96. The van der Waals surface area contributed by atoms with Crippen molar-refractivity contribution in [2.75, 3.05) is 18.1 Å². The summed E-state index contributed by atoms with van der Waals surface area (Å²) in [4.78, 5) is 28.9. The van der Waals surface area contributed by atoms with Crippen LogP contribution in [0.2, 0.25) is 0 Å². The molecule has 0 spiro atoms. The van der Waals surface area contributed by atoms with E-state index in [1.807, 2.05) is 0 Å². The van der Waals surface area contributed by atoms with Gasteiger partial charge in [-0.1, -0.05) is 5.92 Å². The average molecular weight is 487 g/mol. The van der Waals surface area contributed by atoms with Crippen LogP contribution in [0, 0.1) is 25.1 Å². The molecule has 2 heterocycles. The largest absolute Gasteiger partial charge is 0.479 e. The molecule has 2 unspecified atom stereocenters. The number of nitrogens with one attached hydrogen (secondary N) is 3. The van der Waals surface area contributed by atoms with Crippen LogP contribution in [-0.2, 0) is 14.5 Å². The van der Waals surface area contributed by atoms with Crippen molar-refractivity contribution < 1.29 is 22.9 Å². The van der Waals surface area contributed by atoms with Crippen LogP contribution < -0.4 is 20.1 Å². The summed E-state index contributed by atoms with van der Waals surface area (Å²) in [7, 11) is -2.77. The van der Waals surface area contributed by atoms with Crippen LogP contribution in [0.15, 0.2) is 30.7 Å². The van der Waals surface area contributed by atoms with Crippen molar-refractivity contribution in [3.05, 3.63) is 47.7 Å². The van der Waals surface area contributed by atoms with E-state index in [2.05, 4.69) is 37.2 Å². The van der Waals surface area contributed by atoms with Crippen molar-refractivity contribution in [2.45, 2.75) is 20.0 Å². The van der Waals surface area contributed by atoms with Gasteiger partial charge in [0.1, 0.15) is 23.4 Å². The van der Waals surface area contributed by atoms with E-state index in [9.17, 15) is 18.2 Å². The number of halogens is 1. The number of aryl methyl sites for hydroxylation is 1. The first kappa shape index (κ1) is 24.5. The molecule has 0 fully saturated rings. The summed E-state index contributed by atoms with van der Waals surface area (Å²) in [5.74, 6) is 4.46. The van der Waals surface area contributed by atoms with Crippen molar-refractivity contribution in [3.63, 3.8) is 0 Å². The van der Waals surface area contributed by atoms with Crippen LogP contribution in [0.25, 0.3) is 5.52 Å². The van der Waals surface area contributed by atoms with E-state index < -0.39 is 33.4 Å². The monoisotopic (exact) mass is 486 g/mol. The zero-order valence-electron chi connectivity index (χ0n) is 18.7. The maximum Gasteiger partial charge on any atom is 0.264 e. The van der Waals surface area contributed by atoms with E-state index in [0.29, 0.717) is 22.6 Å². The summed E-state index contributed by atoms with van der Waals surface area (Å²) < 4.78 is 35.3. The molecule has 10 nitrogen and oxygen atoms in total. The molecule has 1 aromatic carbocycles. The number of rotatable bonds is 8. The predicted octanol–water partition coefficient (Wildman–Crippen LogP) is 1.43. The van der Waals surface area contributed by atoms with Crippen molar-refractivity contribution in [2.24, 2.45) is 0 Å². The number of terminal acetylenes is 1. The molecule has 2 atom stereocenters. The minimum Gasteiger partial charge on any atom is -0.479 e. The highest BCUT2D eigenvalue weighted by atomic mass is 32.2. The Morgan fingerprint density at radius 2 is 2.15 bits per heavy atom. The second-order valence-corrected chi connectivity index (χ2v) is 9.67. The lowest BCUT2D eigenvalue weighted by atomic mass is 10.2. The van der Waals surface area contributed by atoms with Gasteiger partial charge in [0.25, 0.3) is 11.8 Å². The topological polar surface area (TPSA) is 127 Å². The number of aromatic nitrogens is 3. The fraction of sp³-hybridized carbons (Fsp3) is 0.227. The molecule has 3 N–H and O–H groups in total. The number of anilines is 2. The van der Waals surface area contributed by atoms with Gasteiger partial charge in [0.05, 0.1) is 17.8 Å². The number of nitrogens with zero attached hydrogens (tertiary/aromatic N) is 3. The lowest BCUT2D eigenvalue weighted by molar-refractivity contribution is -0.126. The zero-order valence-corrected chi connectivity index (χ0v) is 19.5. The SMILES string of the molecule is C#CCNC(=O)C(C)Oc1cc(F)ccc1Nc1ncnn2cc(C(=O)NS(=C)(C)=O)c(C)c12. The molecule has 3 aromatic rings. The third-order valence-electron chi connectivity index (χ3n) is 4.61. The van der Waals surface area contributed by atoms with Gasteiger partial charge in [0.15, 0.2) is 11.9 Å². The number of ether oxygens (including phenoxy) is 1. The molecule has 0 radical (unpaired) electrons. The third-order valence-corrected chi connectivity index (χ3v) is 5.23. The van der Waals surface area contributed by atoms with E-state index in [1.165, 1.54) is 42.4 Å². The van der Waals surface area contributed by atoms with Gasteiger partial charge in [-0.2, -0.15) is 5.10 Å². The quantitative estimate of drug-likeness (QED) is 0.325. The highest BCUT2D eigenvalue weighted by molar-refractivity contribution is 7.98. The van der Waals surface area contributed by atoms with Crippen molar-refractivity contribution in [1.29, 1.82) is 0 Å². The van der Waals surface area contributed by atoms with E-state index in [1.54, 1.807) is 6.92 Å². The van der Waals surface area contributed by atoms with E-state index in [-0.39, 0.29) is 17.9 Å². The maximum atomic E-state index is 13.9. The molecule has 0 saturated carbocycles. The van der Waals surface area contributed by atoms with E-state index >= 15 is 0 Å². The van der Waals surface area contributed by atoms with Gasteiger partial charge < -0.3 is 15.4 Å². The highest BCUT2D eigenvalue weighted by Gasteiger charge is 2.21. The number of benzene rings is 1. The molecule has 2 amide bonds. The third kappa shape index (κ3) is 5.62.